The van der Waals surface area contributed by atoms with E-state index in [1.807, 2.05) is 24.3 Å². The van der Waals surface area contributed by atoms with Gasteiger partial charge in [0.1, 0.15) is 12.0 Å². The summed E-state index contributed by atoms with van der Waals surface area (Å²) in [5.74, 6) is 2.28. The van der Waals surface area contributed by atoms with E-state index in [2.05, 4.69) is 0 Å². The van der Waals surface area contributed by atoms with Gasteiger partial charge in [-0.1, -0.05) is 12.1 Å². The first kappa shape index (κ1) is 15.9. The highest BCUT2D eigenvalue weighted by Gasteiger charge is 2.02. The van der Waals surface area contributed by atoms with Crippen LogP contribution in [0.4, 0.5) is 0 Å². The smallest absolute Gasteiger partial charge is 0.161 e. The Balaban J connectivity index is 1.64. The molecule has 4 nitrogen and oxygen atoms in total. The molecule has 0 heterocycles. The molecule has 2 rings (SSSR count). The van der Waals surface area contributed by atoms with E-state index in [0.29, 0.717) is 18.8 Å². The number of unbranched alkanes of at least 4 members (excludes halogenated alkanes) is 1. The third-order valence-electron chi connectivity index (χ3n) is 3.15. The lowest BCUT2D eigenvalue weighted by molar-refractivity contribution is 0.112. The Hall–Kier alpha value is -2.49. The van der Waals surface area contributed by atoms with Crippen molar-refractivity contribution in [2.24, 2.45) is 0 Å². The number of benzene rings is 2. The number of hydrogen-bond acceptors (Lipinski definition) is 4. The van der Waals surface area contributed by atoms with Crippen LogP contribution >= 0.6 is 0 Å². The Morgan fingerprint density at radius 3 is 2.14 bits per heavy atom. The van der Waals surface area contributed by atoms with Gasteiger partial charge in [0.05, 0.1) is 20.3 Å². The van der Waals surface area contributed by atoms with E-state index in [9.17, 15) is 4.79 Å². The van der Waals surface area contributed by atoms with Crippen molar-refractivity contribution in [3.05, 3.63) is 54.1 Å². The third-order valence-corrected chi connectivity index (χ3v) is 3.15. The predicted octanol–water partition coefficient (Wildman–Crippen LogP) is 3.75. The normalized spacial score (nSPS) is 10.0. The topological polar surface area (TPSA) is 44.8 Å². The summed E-state index contributed by atoms with van der Waals surface area (Å²) in [6.45, 7) is 1.24. The van der Waals surface area contributed by atoms with E-state index in [4.69, 9.17) is 14.2 Å². The lowest BCUT2D eigenvalue weighted by Gasteiger charge is -2.10. The molecule has 0 bridgehead atoms. The maximum absolute atomic E-state index is 10.5. The molecule has 0 radical (unpaired) electrons. The van der Waals surface area contributed by atoms with Crippen molar-refractivity contribution in [3.63, 3.8) is 0 Å². The zero-order valence-electron chi connectivity index (χ0n) is 12.7. The van der Waals surface area contributed by atoms with Crippen LogP contribution in [0.15, 0.2) is 48.5 Å². The second-order valence-electron chi connectivity index (χ2n) is 4.74. The number of rotatable bonds is 9. The Morgan fingerprint density at radius 2 is 1.50 bits per heavy atom. The molecule has 0 unspecified atom stereocenters. The highest BCUT2D eigenvalue weighted by molar-refractivity contribution is 5.74. The van der Waals surface area contributed by atoms with Crippen LogP contribution in [0.3, 0.4) is 0 Å². The van der Waals surface area contributed by atoms with Crippen LogP contribution in [-0.2, 0) is 0 Å². The molecule has 0 aliphatic rings. The first-order valence-electron chi connectivity index (χ1n) is 7.27. The van der Waals surface area contributed by atoms with Crippen molar-refractivity contribution in [2.45, 2.75) is 12.8 Å². The monoisotopic (exact) mass is 300 g/mol. The van der Waals surface area contributed by atoms with Crippen molar-refractivity contribution in [3.8, 4) is 17.2 Å². The first-order chi connectivity index (χ1) is 10.8. The molecule has 0 aromatic heterocycles. The van der Waals surface area contributed by atoms with Gasteiger partial charge in [0.25, 0.3) is 0 Å². The van der Waals surface area contributed by atoms with Crippen LogP contribution < -0.4 is 14.2 Å². The average molecular weight is 300 g/mol. The van der Waals surface area contributed by atoms with Crippen molar-refractivity contribution >= 4 is 6.29 Å². The summed E-state index contributed by atoms with van der Waals surface area (Å²) in [6.07, 6.45) is 2.61. The molecule has 0 aliphatic heterocycles. The number of carbonyl (C=O) groups excluding carboxylic acids is 1. The van der Waals surface area contributed by atoms with Gasteiger partial charge in [-0.15, -0.1) is 0 Å². The molecule has 0 saturated heterocycles. The number of aldehydes is 1. The largest absolute Gasteiger partial charge is 0.494 e. The Kier molecular flexibility index (Phi) is 6.30. The second-order valence-corrected chi connectivity index (χ2v) is 4.74. The molecule has 0 atom stereocenters. The van der Waals surface area contributed by atoms with Gasteiger partial charge in [-0.2, -0.15) is 0 Å². The summed E-state index contributed by atoms with van der Waals surface area (Å²) < 4.78 is 16.5. The minimum Gasteiger partial charge on any atom is -0.494 e. The number of methoxy groups -OCH3 is 1. The standard InChI is InChI=1S/C18H20O4/c1-20-17-6-2-3-7-18(17)22-13-5-4-12-21-16-10-8-15(14-19)9-11-16/h2-3,6-11,14H,4-5,12-13H2,1H3. The number of carbonyl (C=O) groups is 1. The molecule has 0 spiro atoms. The lowest BCUT2D eigenvalue weighted by atomic mass is 10.2. The average Bonchev–Trinajstić information content (AvgIpc) is 2.58. The summed E-state index contributed by atoms with van der Waals surface area (Å²) in [4.78, 5) is 10.5. The van der Waals surface area contributed by atoms with Crippen LogP contribution in [0.1, 0.15) is 23.2 Å². The van der Waals surface area contributed by atoms with E-state index in [1.54, 1.807) is 31.4 Å². The molecule has 4 heteroatoms. The molecule has 116 valence electrons. The highest BCUT2D eigenvalue weighted by atomic mass is 16.5. The van der Waals surface area contributed by atoms with E-state index in [-0.39, 0.29) is 0 Å². The quantitative estimate of drug-likeness (QED) is 0.522. The number of para-hydroxylation sites is 2. The molecule has 2 aromatic carbocycles. The summed E-state index contributed by atoms with van der Waals surface area (Å²) in [7, 11) is 1.63. The summed E-state index contributed by atoms with van der Waals surface area (Å²) in [6, 6.07) is 14.7. The van der Waals surface area contributed by atoms with Crippen LogP contribution in [0.2, 0.25) is 0 Å². The van der Waals surface area contributed by atoms with Gasteiger partial charge in [-0.25, -0.2) is 0 Å². The number of ether oxygens (including phenoxy) is 3. The fraction of sp³-hybridized carbons (Fsp3) is 0.278. The molecular formula is C18H20O4. The molecule has 0 fully saturated rings. The van der Waals surface area contributed by atoms with Gasteiger partial charge in [0.2, 0.25) is 0 Å². The minimum atomic E-state index is 0.619. The van der Waals surface area contributed by atoms with Crippen LogP contribution in [0.25, 0.3) is 0 Å². The Bertz CT molecular complexity index is 578. The van der Waals surface area contributed by atoms with Gasteiger partial charge in [-0.3, -0.25) is 4.79 Å². The van der Waals surface area contributed by atoms with Crippen molar-refractivity contribution in [1.82, 2.24) is 0 Å². The highest BCUT2D eigenvalue weighted by Crippen LogP contribution is 2.25. The van der Waals surface area contributed by atoms with E-state index >= 15 is 0 Å². The zero-order valence-corrected chi connectivity index (χ0v) is 12.7. The van der Waals surface area contributed by atoms with Crippen molar-refractivity contribution in [1.29, 1.82) is 0 Å². The van der Waals surface area contributed by atoms with Gasteiger partial charge in [0.15, 0.2) is 11.5 Å². The van der Waals surface area contributed by atoms with Crippen molar-refractivity contribution in [2.75, 3.05) is 20.3 Å². The summed E-state index contributed by atoms with van der Waals surface area (Å²) in [5, 5.41) is 0. The minimum absolute atomic E-state index is 0.619. The Morgan fingerprint density at radius 1 is 0.864 bits per heavy atom. The van der Waals surface area contributed by atoms with E-state index in [0.717, 1.165) is 36.4 Å². The second kappa shape index (κ2) is 8.72. The maximum atomic E-state index is 10.5. The third kappa shape index (κ3) is 4.81. The van der Waals surface area contributed by atoms with Crippen LogP contribution in [0, 0.1) is 0 Å². The fourth-order valence-corrected chi connectivity index (χ4v) is 1.96. The summed E-state index contributed by atoms with van der Waals surface area (Å²) in [5.41, 5.74) is 0.651. The lowest BCUT2D eigenvalue weighted by Crippen LogP contribution is -2.03. The predicted molar refractivity (Wildman–Crippen MR) is 85.0 cm³/mol. The fourth-order valence-electron chi connectivity index (χ4n) is 1.96. The van der Waals surface area contributed by atoms with Crippen molar-refractivity contribution < 1.29 is 19.0 Å². The first-order valence-corrected chi connectivity index (χ1v) is 7.27. The van der Waals surface area contributed by atoms with Gasteiger partial charge in [-0.05, 0) is 49.2 Å². The zero-order chi connectivity index (χ0) is 15.6. The van der Waals surface area contributed by atoms with E-state index < -0.39 is 0 Å². The van der Waals surface area contributed by atoms with Gasteiger partial charge >= 0.3 is 0 Å². The Labute approximate surface area is 130 Å². The van der Waals surface area contributed by atoms with Crippen LogP contribution in [-0.4, -0.2) is 26.6 Å². The SMILES string of the molecule is COc1ccccc1OCCCCOc1ccc(C=O)cc1. The summed E-state index contributed by atoms with van der Waals surface area (Å²) >= 11 is 0. The molecule has 0 N–H and O–H groups in total. The molecule has 22 heavy (non-hydrogen) atoms. The van der Waals surface area contributed by atoms with Crippen LogP contribution in [0.5, 0.6) is 17.2 Å². The molecular weight excluding hydrogens is 280 g/mol. The molecule has 2 aromatic rings. The van der Waals surface area contributed by atoms with Gasteiger partial charge in [0, 0.05) is 5.56 Å². The number of hydrogen-bond donors (Lipinski definition) is 0. The molecule has 0 aliphatic carbocycles. The molecule has 0 amide bonds. The van der Waals surface area contributed by atoms with Gasteiger partial charge < -0.3 is 14.2 Å². The molecule has 0 saturated carbocycles. The maximum Gasteiger partial charge on any atom is 0.161 e. The van der Waals surface area contributed by atoms with E-state index in [1.165, 1.54) is 0 Å².